The molecule has 2 amide bonds. The first-order valence-electron chi connectivity index (χ1n) is 9.90. The molecule has 0 spiro atoms. The highest BCUT2D eigenvalue weighted by atomic mass is 16.5. The predicted molar refractivity (Wildman–Crippen MR) is 109 cm³/mol. The van der Waals surface area contributed by atoms with Crippen molar-refractivity contribution in [2.24, 2.45) is 5.41 Å². The number of carbonyl (C=O) groups excluding carboxylic acids is 2. The Bertz CT molecular complexity index is 809. The van der Waals surface area contributed by atoms with Gasteiger partial charge in [0.05, 0.1) is 13.2 Å². The summed E-state index contributed by atoms with van der Waals surface area (Å²) in [4.78, 5) is 30.5. The molecule has 1 aliphatic heterocycles. The van der Waals surface area contributed by atoms with E-state index < -0.39 is 5.41 Å². The van der Waals surface area contributed by atoms with Crippen LogP contribution in [0.1, 0.15) is 19.4 Å². The van der Waals surface area contributed by atoms with Gasteiger partial charge in [0.15, 0.2) is 0 Å². The lowest BCUT2D eigenvalue weighted by molar-refractivity contribution is -0.141. The van der Waals surface area contributed by atoms with Crippen LogP contribution in [0.2, 0.25) is 0 Å². The summed E-state index contributed by atoms with van der Waals surface area (Å²) in [5.74, 6) is -0.499. The van der Waals surface area contributed by atoms with E-state index >= 15 is 0 Å². The molecule has 0 unspecified atom stereocenters. The lowest BCUT2D eigenvalue weighted by Crippen LogP contribution is -2.50. The number of nitrogens with zero attached hydrogens (tertiary/aromatic N) is 1. The smallest absolute Gasteiger partial charge is 0.235 e. The van der Waals surface area contributed by atoms with Gasteiger partial charge in [0.1, 0.15) is 5.41 Å². The Balaban J connectivity index is 1.43. The van der Waals surface area contributed by atoms with Crippen molar-refractivity contribution in [3.63, 3.8) is 0 Å². The van der Waals surface area contributed by atoms with Crippen molar-refractivity contribution in [3.8, 4) is 0 Å². The SMILES string of the molecule is CC(C)(C(=O)NCCc1c[nH]c2ccccc12)C(=O)NCCN1CCOCC1. The average Bonchev–Trinajstić information content (AvgIpc) is 3.12. The lowest BCUT2D eigenvalue weighted by Gasteiger charge is -2.27. The normalized spacial score (nSPS) is 15.5. The standard InChI is InChI=1S/C21H30N4O3/c1-21(2,20(27)23-9-10-25-11-13-28-14-12-25)19(26)22-8-7-16-15-24-18-6-4-3-5-17(16)18/h3-6,15,24H,7-14H2,1-2H3,(H,22,26)(H,23,27). The van der Waals surface area contributed by atoms with Crippen molar-refractivity contribution >= 4 is 22.7 Å². The predicted octanol–water partition coefficient (Wildman–Crippen LogP) is 1.30. The maximum atomic E-state index is 12.6. The zero-order chi connectivity index (χ0) is 20.0. The number of nitrogens with one attached hydrogen (secondary N) is 3. The molecule has 3 N–H and O–H groups in total. The van der Waals surface area contributed by atoms with Gasteiger partial charge in [-0.1, -0.05) is 18.2 Å². The van der Waals surface area contributed by atoms with Gasteiger partial charge in [0.2, 0.25) is 11.8 Å². The molecule has 7 heteroatoms. The maximum absolute atomic E-state index is 12.6. The second-order valence-electron chi connectivity index (χ2n) is 7.70. The molecular weight excluding hydrogens is 356 g/mol. The van der Waals surface area contributed by atoms with Crippen LogP contribution < -0.4 is 10.6 Å². The highest BCUT2D eigenvalue weighted by Gasteiger charge is 2.35. The van der Waals surface area contributed by atoms with Crippen molar-refractivity contribution in [1.82, 2.24) is 20.5 Å². The first-order valence-corrected chi connectivity index (χ1v) is 9.90. The number of hydrogen-bond acceptors (Lipinski definition) is 4. The van der Waals surface area contributed by atoms with E-state index in [0.717, 1.165) is 49.3 Å². The molecular formula is C21H30N4O3. The summed E-state index contributed by atoms with van der Waals surface area (Å²) in [6, 6.07) is 8.09. The van der Waals surface area contributed by atoms with Gasteiger partial charge in [-0.25, -0.2) is 0 Å². The Hall–Kier alpha value is -2.38. The van der Waals surface area contributed by atoms with Crippen LogP contribution in [0.15, 0.2) is 30.5 Å². The second-order valence-corrected chi connectivity index (χ2v) is 7.70. The van der Waals surface area contributed by atoms with Crippen molar-refractivity contribution in [2.45, 2.75) is 20.3 Å². The van der Waals surface area contributed by atoms with E-state index in [4.69, 9.17) is 4.74 Å². The number of carbonyl (C=O) groups is 2. The van der Waals surface area contributed by atoms with E-state index in [0.29, 0.717) is 19.5 Å². The van der Waals surface area contributed by atoms with Gasteiger partial charge in [0.25, 0.3) is 0 Å². The van der Waals surface area contributed by atoms with Crippen LogP contribution >= 0.6 is 0 Å². The fourth-order valence-electron chi connectivity index (χ4n) is 3.35. The monoisotopic (exact) mass is 386 g/mol. The van der Waals surface area contributed by atoms with Crippen LogP contribution in [0, 0.1) is 5.41 Å². The molecule has 1 fully saturated rings. The van der Waals surface area contributed by atoms with Gasteiger partial charge in [0, 0.05) is 49.8 Å². The molecule has 1 aromatic carbocycles. The molecule has 1 aromatic heterocycles. The quantitative estimate of drug-likeness (QED) is 0.597. The van der Waals surface area contributed by atoms with Crippen LogP contribution in [0.5, 0.6) is 0 Å². The van der Waals surface area contributed by atoms with Gasteiger partial charge < -0.3 is 20.4 Å². The van der Waals surface area contributed by atoms with Gasteiger partial charge in [-0.15, -0.1) is 0 Å². The zero-order valence-electron chi connectivity index (χ0n) is 16.7. The number of rotatable bonds is 8. The highest BCUT2D eigenvalue weighted by Crippen LogP contribution is 2.18. The van der Waals surface area contributed by atoms with Crippen molar-refractivity contribution in [3.05, 3.63) is 36.0 Å². The molecule has 0 atom stereocenters. The van der Waals surface area contributed by atoms with Gasteiger partial charge in [-0.05, 0) is 31.9 Å². The minimum absolute atomic E-state index is 0.245. The number of aromatic amines is 1. The van der Waals surface area contributed by atoms with Crippen LogP contribution in [0.3, 0.4) is 0 Å². The molecule has 1 saturated heterocycles. The second kappa shape index (κ2) is 9.21. The topological polar surface area (TPSA) is 86.5 Å². The summed E-state index contributed by atoms with van der Waals surface area (Å²) in [6.07, 6.45) is 2.69. The third-order valence-corrected chi connectivity index (χ3v) is 5.31. The molecule has 152 valence electrons. The molecule has 0 aliphatic carbocycles. The largest absolute Gasteiger partial charge is 0.379 e. The van der Waals surface area contributed by atoms with Crippen LogP contribution in [0.4, 0.5) is 0 Å². The number of morpholine rings is 1. The fraction of sp³-hybridized carbons (Fsp3) is 0.524. The number of fused-ring (bicyclic) bond motifs is 1. The molecule has 2 heterocycles. The van der Waals surface area contributed by atoms with E-state index in [-0.39, 0.29) is 11.8 Å². The Morgan fingerprint density at radius 2 is 1.79 bits per heavy atom. The van der Waals surface area contributed by atoms with E-state index in [1.165, 1.54) is 0 Å². The van der Waals surface area contributed by atoms with Gasteiger partial charge >= 0.3 is 0 Å². The molecule has 0 bridgehead atoms. The molecule has 1 aliphatic rings. The first-order chi connectivity index (χ1) is 13.5. The van der Waals surface area contributed by atoms with E-state index in [1.807, 2.05) is 24.4 Å². The Morgan fingerprint density at radius 3 is 2.54 bits per heavy atom. The summed E-state index contributed by atoms with van der Waals surface area (Å²) in [6.45, 7) is 8.36. The number of ether oxygens (including phenoxy) is 1. The van der Waals surface area contributed by atoms with Crippen molar-refractivity contribution < 1.29 is 14.3 Å². The van der Waals surface area contributed by atoms with E-state index in [1.54, 1.807) is 13.8 Å². The van der Waals surface area contributed by atoms with Crippen molar-refractivity contribution in [1.29, 1.82) is 0 Å². The van der Waals surface area contributed by atoms with E-state index in [9.17, 15) is 9.59 Å². The minimum atomic E-state index is -1.11. The fourth-order valence-corrected chi connectivity index (χ4v) is 3.35. The molecule has 2 aromatic rings. The molecule has 3 rings (SSSR count). The molecule has 0 radical (unpaired) electrons. The maximum Gasteiger partial charge on any atom is 0.235 e. The summed E-state index contributed by atoms with van der Waals surface area (Å²) in [7, 11) is 0. The number of aromatic nitrogens is 1. The third-order valence-electron chi connectivity index (χ3n) is 5.31. The number of benzene rings is 1. The Morgan fingerprint density at radius 1 is 1.11 bits per heavy atom. The Labute approximate surface area is 165 Å². The van der Waals surface area contributed by atoms with Crippen LogP contribution in [-0.2, 0) is 20.7 Å². The summed E-state index contributed by atoms with van der Waals surface area (Å²) < 4.78 is 5.32. The molecule has 7 nitrogen and oxygen atoms in total. The zero-order valence-corrected chi connectivity index (χ0v) is 16.7. The number of hydrogen-bond donors (Lipinski definition) is 3. The van der Waals surface area contributed by atoms with Gasteiger partial charge in [-0.2, -0.15) is 0 Å². The number of amides is 2. The molecule has 28 heavy (non-hydrogen) atoms. The van der Waals surface area contributed by atoms with Gasteiger partial charge in [-0.3, -0.25) is 14.5 Å². The number of para-hydroxylation sites is 1. The number of H-pyrrole nitrogens is 1. The molecule has 0 saturated carbocycles. The Kier molecular flexibility index (Phi) is 6.70. The van der Waals surface area contributed by atoms with Crippen molar-refractivity contribution in [2.75, 3.05) is 45.9 Å². The van der Waals surface area contributed by atoms with Crippen LogP contribution in [0.25, 0.3) is 10.9 Å². The third kappa shape index (κ3) is 4.91. The first kappa shape index (κ1) is 20.4. The van der Waals surface area contributed by atoms with Crippen LogP contribution in [-0.4, -0.2) is 67.6 Å². The summed E-state index contributed by atoms with van der Waals surface area (Å²) in [5.41, 5.74) is 1.14. The summed E-state index contributed by atoms with van der Waals surface area (Å²) in [5, 5.41) is 6.96. The highest BCUT2D eigenvalue weighted by molar-refractivity contribution is 6.04. The van der Waals surface area contributed by atoms with E-state index in [2.05, 4.69) is 26.6 Å². The summed E-state index contributed by atoms with van der Waals surface area (Å²) >= 11 is 0. The lowest BCUT2D eigenvalue weighted by atomic mass is 9.91. The minimum Gasteiger partial charge on any atom is -0.379 e. The average molecular weight is 386 g/mol.